The van der Waals surface area contributed by atoms with E-state index in [1.165, 1.54) is 0 Å². The van der Waals surface area contributed by atoms with Crippen LogP contribution in [0.4, 0.5) is 5.69 Å². The number of benzene rings is 1. The van der Waals surface area contributed by atoms with Gasteiger partial charge in [-0.1, -0.05) is 0 Å². The molecular weight excluding hydrogens is 256 g/mol. The summed E-state index contributed by atoms with van der Waals surface area (Å²) in [5, 5.41) is 9.59. The number of aromatic nitrogens is 3. The fraction of sp³-hybridized carbons (Fsp3) is 0.214. The van der Waals surface area contributed by atoms with E-state index in [2.05, 4.69) is 20.5 Å². The summed E-state index contributed by atoms with van der Waals surface area (Å²) in [6, 6.07) is 5.52. The quantitative estimate of drug-likeness (QED) is 0.836. The fourth-order valence-corrected chi connectivity index (χ4v) is 2.12. The second-order valence-corrected chi connectivity index (χ2v) is 4.43. The van der Waals surface area contributed by atoms with Crippen molar-refractivity contribution in [2.75, 3.05) is 11.9 Å². The number of amides is 1. The molecule has 1 amide bonds. The van der Waals surface area contributed by atoms with E-state index in [0.29, 0.717) is 23.8 Å². The zero-order valence-corrected chi connectivity index (χ0v) is 11.2. The Balaban J connectivity index is 2.03. The second kappa shape index (κ2) is 4.80. The summed E-state index contributed by atoms with van der Waals surface area (Å²) in [5.41, 5.74) is 2.13. The van der Waals surface area contributed by atoms with E-state index in [0.717, 1.165) is 17.0 Å². The lowest BCUT2D eigenvalue weighted by Crippen LogP contribution is -2.03. The Hall–Kier alpha value is -2.63. The number of nitrogens with zero attached hydrogens (tertiary/aromatic N) is 2. The molecule has 0 saturated carbocycles. The molecule has 0 saturated heterocycles. The number of rotatable bonds is 3. The molecule has 2 aromatic rings. The molecule has 1 aliphatic heterocycles. The Bertz CT molecular complexity index is 703. The Morgan fingerprint density at radius 1 is 1.40 bits per heavy atom. The highest BCUT2D eigenvalue weighted by molar-refractivity contribution is 6.34. The van der Waals surface area contributed by atoms with Crippen molar-refractivity contribution in [2.24, 2.45) is 0 Å². The van der Waals surface area contributed by atoms with E-state index in [-0.39, 0.29) is 5.91 Å². The van der Waals surface area contributed by atoms with Crippen LogP contribution in [0, 0.1) is 6.92 Å². The molecule has 102 valence electrons. The lowest BCUT2D eigenvalue weighted by Gasteiger charge is -2.04. The first kappa shape index (κ1) is 12.4. The van der Waals surface area contributed by atoms with Gasteiger partial charge in [-0.25, -0.2) is 4.98 Å². The zero-order valence-electron chi connectivity index (χ0n) is 11.2. The summed E-state index contributed by atoms with van der Waals surface area (Å²) >= 11 is 0. The van der Waals surface area contributed by atoms with E-state index < -0.39 is 0 Å². The molecule has 0 bridgehead atoms. The molecule has 0 spiro atoms. The van der Waals surface area contributed by atoms with E-state index in [4.69, 9.17) is 4.74 Å². The maximum absolute atomic E-state index is 12.0. The zero-order chi connectivity index (χ0) is 14.1. The topological polar surface area (TPSA) is 79.9 Å². The monoisotopic (exact) mass is 270 g/mol. The van der Waals surface area contributed by atoms with E-state index >= 15 is 0 Å². The number of hydrogen-bond donors (Lipinski definition) is 2. The summed E-state index contributed by atoms with van der Waals surface area (Å²) < 4.78 is 5.47. The van der Waals surface area contributed by atoms with Crippen LogP contribution in [0.2, 0.25) is 0 Å². The Morgan fingerprint density at radius 2 is 2.25 bits per heavy atom. The summed E-state index contributed by atoms with van der Waals surface area (Å²) in [7, 11) is 0. The van der Waals surface area contributed by atoms with Gasteiger partial charge in [-0.3, -0.25) is 9.89 Å². The highest BCUT2D eigenvalue weighted by atomic mass is 16.5. The van der Waals surface area contributed by atoms with Gasteiger partial charge in [0.1, 0.15) is 11.6 Å². The molecule has 1 aliphatic rings. The van der Waals surface area contributed by atoms with Crippen LogP contribution in [0.25, 0.3) is 11.6 Å². The number of carbonyl (C=O) groups excluding carboxylic acids is 1. The van der Waals surface area contributed by atoms with Crippen LogP contribution in [0.5, 0.6) is 5.75 Å². The highest BCUT2D eigenvalue weighted by Gasteiger charge is 2.25. The molecule has 0 unspecified atom stereocenters. The standard InChI is InChI=1S/C14H14N4O2/c1-3-20-9-4-5-12-10(6-9)11(14(19)16-12)7-13-15-8(2)17-18-13/h4-7H,3H2,1-2H3,(H,16,19)(H,15,17,18)/b11-7-. The Morgan fingerprint density at radius 3 is 2.95 bits per heavy atom. The van der Waals surface area contributed by atoms with E-state index in [9.17, 15) is 4.79 Å². The molecule has 20 heavy (non-hydrogen) atoms. The van der Waals surface area contributed by atoms with Gasteiger partial charge in [0.15, 0.2) is 5.82 Å². The van der Waals surface area contributed by atoms with Gasteiger partial charge in [-0.15, -0.1) is 0 Å². The molecule has 6 nitrogen and oxygen atoms in total. The van der Waals surface area contributed by atoms with Gasteiger partial charge in [0.2, 0.25) is 0 Å². The molecular formula is C14H14N4O2. The van der Waals surface area contributed by atoms with Crippen LogP contribution in [0.1, 0.15) is 24.1 Å². The van der Waals surface area contributed by atoms with Crippen molar-refractivity contribution in [3.63, 3.8) is 0 Å². The Labute approximate surface area is 115 Å². The smallest absolute Gasteiger partial charge is 0.256 e. The second-order valence-electron chi connectivity index (χ2n) is 4.43. The number of nitrogens with one attached hydrogen (secondary N) is 2. The van der Waals surface area contributed by atoms with Gasteiger partial charge in [0.05, 0.1) is 12.2 Å². The van der Waals surface area contributed by atoms with Crippen molar-refractivity contribution in [3.8, 4) is 5.75 Å². The van der Waals surface area contributed by atoms with E-state index in [1.54, 1.807) is 6.08 Å². The van der Waals surface area contributed by atoms with Gasteiger partial charge in [0.25, 0.3) is 5.91 Å². The van der Waals surface area contributed by atoms with Crippen molar-refractivity contribution in [3.05, 3.63) is 35.4 Å². The van der Waals surface area contributed by atoms with Crippen LogP contribution in [-0.2, 0) is 4.79 Å². The predicted octanol–water partition coefficient (Wildman–Crippen LogP) is 2.00. The third-order valence-electron chi connectivity index (χ3n) is 2.97. The van der Waals surface area contributed by atoms with Gasteiger partial charge in [-0.2, -0.15) is 5.10 Å². The summed E-state index contributed by atoms with van der Waals surface area (Å²) in [6.45, 7) is 4.31. The molecule has 0 radical (unpaired) electrons. The molecule has 2 N–H and O–H groups in total. The normalized spacial score (nSPS) is 15.3. The number of aromatic amines is 1. The largest absolute Gasteiger partial charge is 0.494 e. The number of fused-ring (bicyclic) bond motifs is 1. The third-order valence-corrected chi connectivity index (χ3v) is 2.97. The summed E-state index contributed by atoms with van der Waals surface area (Å²) in [4.78, 5) is 16.2. The fourth-order valence-electron chi connectivity index (χ4n) is 2.12. The molecule has 3 rings (SSSR count). The molecule has 0 fully saturated rings. The molecule has 1 aromatic heterocycles. The van der Waals surface area contributed by atoms with Crippen molar-refractivity contribution in [1.29, 1.82) is 0 Å². The minimum atomic E-state index is -0.156. The maximum Gasteiger partial charge on any atom is 0.256 e. The molecule has 2 heterocycles. The Kier molecular flexibility index (Phi) is 2.98. The first-order valence-corrected chi connectivity index (χ1v) is 6.36. The van der Waals surface area contributed by atoms with Crippen molar-refractivity contribution in [1.82, 2.24) is 15.2 Å². The van der Waals surface area contributed by atoms with Gasteiger partial charge in [-0.05, 0) is 38.1 Å². The van der Waals surface area contributed by atoms with Crippen LogP contribution in [0.15, 0.2) is 18.2 Å². The predicted molar refractivity (Wildman–Crippen MR) is 75.2 cm³/mol. The highest BCUT2D eigenvalue weighted by Crippen LogP contribution is 2.35. The number of aryl methyl sites for hydroxylation is 1. The number of ether oxygens (including phenoxy) is 1. The minimum absolute atomic E-state index is 0.156. The average Bonchev–Trinajstić information content (AvgIpc) is 2.96. The number of anilines is 1. The average molecular weight is 270 g/mol. The maximum atomic E-state index is 12.0. The summed E-state index contributed by atoms with van der Waals surface area (Å²) in [6.07, 6.45) is 1.67. The SMILES string of the molecule is CCOc1ccc2c(c1)/C(=C/c1n[nH]c(C)n1)C(=O)N2. The van der Waals surface area contributed by atoms with Crippen LogP contribution in [-0.4, -0.2) is 27.7 Å². The molecule has 0 atom stereocenters. The first-order valence-electron chi connectivity index (χ1n) is 6.36. The van der Waals surface area contributed by atoms with Crippen molar-refractivity contribution in [2.45, 2.75) is 13.8 Å². The first-order chi connectivity index (χ1) is 9.67. The third kappa shape index (κ3) is 2.16. The van der Waals surface area contributed by atoms with Crippen LogP contribution < -0.4 is 10.1 Å². The van der Waals surface area contributed by atoms with Gasteiger partial charge >= 0.3 is 0 Å². The van der Waals surface area contributed by atoms with Gasteiger partial charge in [0, 0.05) is 11.3 Å². The summed E-state index contributed by atoms with van der Waals surface area (Å²) in [5.74, 6) is 1.77. The van der Waals surface area contributed by atoms with Crippen LogP contribution >= 0.6 is 0 Å². The minimum Gasteiger partial charge on any atom is -0.494 e. The number of hydrogen-bond acceptors (Lipinski definition) is 4. The number of carbonyl (C=O) groups is 1. The molecule has 1 aromatic carbocycles. The molecule has 6 heteroatoms. The van der Waals surface area contributed by atoms with Crippen molar-refractivity contribution < 1.29 is 9.53 Å². The lowest BCUT2D eigenvalue weighted by molar-refractivity contribution is -0.110. The molecule has 0 aliphatic carbocycles. The van der Waals surface area contributed by atoms with Crippen molar-refractivity contribution >= 4 is 23.2 Å². The van der Waals surface area contributed by atoms with E-state index in [1.807, 2.05) is 32.0 Å². The lowest BCUT2D eigenvalue weighted by atomic mass is 10.1. The van der Waals surface area contributed by atoms with Gasteiger partial charge < -0.3 is 10.1 Å². The van der Waals surface area contributed by atoms with Crippen LogP contribution in [0.3, 0.4) is 0 Å². The number of H-pyrrole nitrogens is 1.